The number of amides is 1. The molecule has 2 N–H and O–H groups in total. The average molecular weight is 467 g/mol. The first-order valence-electron chi connectivity index (χ1n) is 11.5. The molecular weight excluding hydrogens is 432 g/mol. The van der Waals surface area contributed by atoms with Crippen molar-refractivity contribution < 1.29 is 14.3 Å². The van der Waals surface area contributed by atoms with Crippen molar-refractivity contribution in [2.45, 2.75) is 52.6 Å². The molecule has 1 aliphatic heterocycles. The molecule has 0 saturated carbocycles. The van der Waals surface area contributed by atoms with Crippen molar-refractivity contribution in [3.8, 4) is 17.0 Å². The van der Waals surface area contributed by atoms with Gasteiger partial charge < -0.3 is 19.8 Å². The molecule has 34 heavy (non-hydrogen) atoms. The molecule has 1 amide bonds. The van der Waals surface area contributed by atoms with Gasteiger partial charge in [0.05, 0.1) is 30.4 Å². The van der Waals surface area contributed by atoms with E-state index in [9.17, 15) is 4.79 Å². The van der Waals surface area contributed by atoms with Crippen molar-refractivity contribution in [1.29, 1.82) is 5.41 Å². The van der Waals surface area contributed by atoms with Gasteiger partial charge in [-0.15, -0.1) is 5.10 Å². The molecule has 182 valence electrons. The number of likely N-dealkylation sites (tertiary alicyclic amines) is 1. The van der Waals surface area contributed by atoms with Gasteiger partial charge in [0, 0.05) is 30.9 Å². The standard InChI is InChI=1S/C25H34N6O3/c1-17-13-20(14-18-7-6-12-31(16-18)24(32)34-25(2,3)4)29-30-23(17)21-9-8-19(15-22(21)33-5)28-27-11-10-26/h8-11,13,15,18,26,28H,6-7,12,14,16H2,1-5H3/b26-10?,27-11-. The summed E-state index contributed by atoms with van der Waals surface area (Å²) >= 11 is 0. The van der Waals surface area contributed by atoms with E-state index in [2.05, 4.69) is 26.8 Å². The Morgan fingerprint density at radius 3 is 2.79 bits per heavy atom. The van der Waals surface area contributed by atoms with Gasteiger partial charge in [0.25, 0.3) is 0 Å². The number of aryl methyl sites for hydroxylation is 1. The van der Waals surface area contributed by atoms with Crippen LogP contribution in [0.1, 0.15) is 44.9 Å². The lowest BCUT2D eigenvalue weighted by molar-refractivity contribution is 0.0165. The number of carbonyl (C=O) groups is 1. The van der Waals surface area contributed by atoms with Crippen LogP contribution >= 0.6 is 0 Å². The highest BCUT2D eigenvalue weighted by Gasteiger charge is 2.28. The largest absolute Gasteiger partial charge is 0.496 e. The van der Waals surface area contributed by atoms with Crippen LogP contribution in [0, 0.1) is 18.3 Å². The van der Waals surface area contributed by atoms with Gasteiger partial charge in [0.1, 0.15) is 11.4 Å². The zero-order valence-corrected chi connectivity index (χ0v) is 20.6. The zero-order chi connectivity index (χ0) is 24.7. The van der Waals surface area contributed by atoms with Gasteiger partial charge in [0.15, 0.2) is 0 Å². The summed E-state index contributed by atoms with van der Waals surface area (Å²) in [5.41, 5.74) is 6.62. The van der Waals surface area contributed by atoms with E-state index in [1.54, 1.807) is 12.0 Å². The van der Waals surface area contributed by atoms with Crippen LogP contribution in [0.15, 0.2) is 29.4 Å². The Balaban J connectivity index is 1.71. The van der Waals surface area contributed by atoms with Gasteiger partial charge in [-0.25, -0.2) is 4.79 Å². The number of hydrogen-bond acceptors (Lipinski definition) is 8. The molecule has 0 radical (unpaired) electrons. The quantitative estimate of drug-likeness (QED) is 0.452. The minimum atomic E-state index is -0.495. The molecule has 0 bridgehead atoms. The molecule has 9 heteroatoms. The van der Waals surface area contributed by atoms with E-state index >= 15 is 0 Å². The minimum absolute atomic E-state index is 0.247. The molecule has 1 aliphatic rings. The molecule has 2 aromatic rings. The van der Waals surface area contributed by atoms with Gasteiger partial charge in [-0.2, -0.15) is 10.2 Å². The van der Waals surface area contributed by atoms with Crippen molar-refractivity contribution in [1.82, 2.24) is 15.1 Å². The second-order valence-corrected chi connectivity index (χ2v) is 9.48. The van der Waals surface area contributed by atoms with Gasteiger partial charge in [-0.3, -0.25) is 5.43 Å². The van der Waals surface area contributed by atoms with Gasteiger partial charge in [0.2, 0.25) is 0 Å². The number of nitrogens with zero attached hydrogens (tertiary/aromatic N) is 4. The van der Waals surface area contributed by atoms with E-state index < -0.39 is 5.60 Å². The smallest absolute Gasteiger partial charge is 0.410 e. The highest BCUT2D eigenvalue weighted by Crippen LogP contribution is 2.33. The van der Waals surface area contributed by atoms with Crippen LogP contribution in [0.5, 0.6) is 5.75 Å². The first-order chi connectivity index (χ1) is 16.2. The molecule has 9 nitrogen and oxygen atoms in total. The predicted molar refractivity (Wildman–Crippen MR) is 134 cm³/mol. The van der Waals surface area contributed by atoms with Crippen LogP contribution in [0.25, 0.3) is 11.3 Å². The lowest BCUT2D eigenvalue weighted by Gasteiger charge is -2.34. The Labute approximate surface area is 201 Å². The molecule has 1 unspecified atom stereocenters. The number of hydrogen-bond donors (Lipinski definition) is 2. The van der Waals surface area contributed by atoms with Crippen molar-refractivity contribution in [3.63, 3.8) is 0 Å². The zero-order valence-electron chi connectivity index (χ0n) is 20.6. The van der Waals surface area contributed by atoms with E-state index in [1.165, 1.54) is 6.21 Å². The summed E-state index contributed by atoms with van der Waals surface area (Å²) in [5, 5.41) is 19.9. The number of aromatic nitrogens is 2. The summed E-state index contributed by atoms with van der Waals surface area (Å²) in [4.78, 5) is 14.3. The predicted octanol–water partition coefficient (Wildman–Crippen LogP) is 4.70. The third-order valence-corrected chi connectivity index (χ3v) is 5.50. The monoisotopic (exact) mass is 466 g/mol. The molecule has 1 saturated heterocycles. The van der Waals surface area contributed by atoms with Crippen molar-refractivity contribution in [2.75, 3.05) is 25.6 Å². The number of nitrogens with one attached hydrogen (secondary N) is 2. The molecule has 1 atom stereocenters. The van der Waals surface area contributed by atoms with E-state index in [1.807, 2.05) is 45.9 Å². The van der Waals surface area contributed by atoms with Crippen molar-refractivity contribution >= 4 is 24.2 Å². The van der Waals surface area contributed by atoms with Crippen LogP contribution in [-0.2, 0) is 11.2 Å². The number of rotatable bonds is 7. The maximum Gasteiger partial charge on any atom is 0.410 e. The van der Waals surface area contributed by atoms with Crippen LogP contribution < -0.4 is 10.2 Å². The Morgan fingerprint density at radius 1 is 1.32 bits per heavy atom. The minimum Gasteiger partial charge on any atom is -0.496 e. The van der Waals surface area contributed by atoms with Gasteiger partial charge in [-0.1, -0.05) is 0 Å². The first kappa shape index (κ1) is 25.1. The number of benzene rings is 1. The van der Waals surface area contributed by atoms with Crippen LogP contribution in [0.2, 0.25) is 0 Å². The normalized spacial score (nSPS) is 16.4. The third-order valence-electron chi connectivity index (χ3n) is 5.50. The summed E-state index contributed by atoms with van der Waals surface area (Å²) in [6.07, 6.45) is 4.97. The summed E-state index contributed by atoms with van der Waals surface area (Å²) in [7, 11) is 1.61. The third kappa shape index (κ3) is 6.76. The SMILES string of the molecule is COc1cc(N/N=C\C=N)ccc1-c1nnc(CC2CCCN(C(=O)OC(C)(C)C)C2)cc1C. The molecule has 1 aromatic carbocycles. The van der Waals surface area contributed by atoms with Crippen LogP contribution in [-0.4, -0.2) is 59.4 Å². The number of hydrazone groups is 1. The molecule has 1 fully saturated rings. The number of ether oxygens (including phenoxy) is 2. The van der Waals surface area contributed by atoms with E-state index in [4.69, 9.17) is 14.9 Å². The molecular formula is C25H34N6O3. The Hall–Kier alpha value is -3.49. The number of piperidine rings is 1. The molecule has 3 rings (SSSR count). The fourth-order valence-corrected chi connectivity index (χ4v) is 4.03. The summed E-state index contributed by atoms with van der Waals surface area (Å²) in [6.45, 7) is 9.07. The number of methoxy groups -OCH3 is 1. The van der Waals surface area contributed by atoms with Gasteiger partial charge in [-0.05, 0) is 76.6 Å². The Kier molecular flexibility index (Phi) is 8.20. The molecule has 0 spiro atoms. The first-order valence-corrected chi connectivity index (χ1v) is 11.5. The Bertz CT molecular complexity index is 1050. The molecule has 0 aliphatic carbocycles. The van der Waals surface area contributed by atoms with Crippen molar-refractivity contribution in [3.05, 3.63) is 35.5 Å². The molecule has 1 aromatic heterocycles. The van der Waals surface area contributed by atoms with E-state index in [0.717, 1.165) is 60.2 Å². The fourth-order valence-electron chi connectivity index (χ4n) is 4.03. The van der Waals surface area contributed by atoms with E-state index in [-0.39, 0.29) is 6.09 Å². The highest BCUT2D eigenvalue weighted by molar-refractivity contribution is 6.14. The maximum atomic E-state index is 12.5. The van der Waals surface area contributed by atoms with Gasteiger partial charge >= 0.3 is 6.09 Å². The summed E-state index contributed by atoms with van der Waals surface area (Å²) in [5.74, 6) is 0.975. The lowest BCUT2D eigenvalue weighted by atomic mass is 9.93. The highest BCUT2D eigenvalue weighted by atomic mass is 16.6. The average Bonchev–Trinajstić information content (AvgIpc) is 2.78. The van der Waals surface area contributed by atoms with Crippen molar-refractivity contribution in [2.24, 2.45) is 11.0 Å². The second kappa shape index (κ2) is 11.1. The summed E-state index contributed by atoms with van der Waals surface area (Å²) < 4.78 is 11.1. The Morgan fingerprint density at radius 2 is 2.12 bits per heavy atom. The molecule has 2 heterocycles. The fraction of sp³-hybridized carbons (Fsp3) is 0.480. The number of carbonyl (C=O) groups excluding carboxylic acids is 1. The lowest BCUT2D eigenvalue weighted by Crippen LogP contribution is -2.43. The second-order valence-electron chi connectivity index (χ2n) is 9.48. The van der Waals surface area contributed by atoms with E-state index in [0.29, 0.717) is 18.2 Å². The van der Waals surface area contributed by atoms with Crippen LogP contribution in [0.4, 0.5) is 10.5 Å². The number of anilines is 1. The van der Waals surface area contributed by atoms with Crippen LogP contribution in [0.3, 0.4) is 0 Å². The maximum absolute atomic E-state index is 12.5. The topological polar surface area (TPSA) is 113 Å². The summed E-state index contributed by atoms with van der Waals surface area (Å²) in [6, 6.07) is 7.69.